The maximum atomic E-state index is 10.8. The molecule has 2 rings (SSSR count). The molecule has 7 heteroatoms. The average molecular weight is 274 g/mol. The summed E-state index contributed by atoms with van der Waals surface area (Å²) >= 11 is 0. The molecule has 0 aromatic heterocycles. The van der Waals surface area contributed by atoms with E-state index in [9.17, 15) is 8.42 Å². The molecule has 0 amide bonds. The largest absolute Gasteiger partial charge is 0.493 e. The fourth-order valence-corrected chi connectivity index (χ4v) is 2.03. The van der Waals surface area contributed by atoms with Crippen molar-refractivity contribution in [3.05, 3.63) is 17.7 Å². The first-order valence-electron chi connectivity index (χ1n) is 5.30. The van der Waals surface area contributed by atoms with Gasteiger partial charge in [0.05, 0.1) is 20.0 Å². The van der Waals surface area contributed by atoms with E-state index >= 15 is 0 Å². The van der Waals surface area contributed by atoms with Crippen molar-refractivity contribution in [1.29, 1.82) is 0 Å². The third-order valence-electron chi connectivity index (χ3n) is 2.41. The molecule has 100 valence electrons. The van der Waals surface area contributed by atoms with E-state index in [-0.39, 0.29) is 13.4 Å². The highest BCUT2D eigenvalue weighted by Crippen LogP contribution is 2.41. The van der Waals surface area contributed by atoms with Gasteiger partial charge in [-0.15, -0.1) is 0 Å². The van der Waals surface area contributed by atoms with Crippen LogP contribution in [-0.4, -0.2) is 35.2 Å². The lowest BCUT2D eigenvalue weighted by Gasteiger charge is -2.08. The van der Waals surface area contributed by atoms with Crippen LogP contribution in [0.4, 0.5) is 0 Å². The molecule has 0 bridgehead atoms. The molecular weight excluding hydrogens is 260 g/mol. The van der Waals surface area contributed by atoms with Gasteiger partial charge in [0.15, 0.2) is 11.5 Å². The first-order valence-corrected chi connectivity index (χ1v) is 7.12. The predicted octanol–water partition coefficient (Wildman–Crippen LogP) is 0.943. The van der Waals surface area contributed by atoms with Gasteiger partial charge in [-0.05, 0) is 24.1 Å². The zero-order valence-corrected chi connectivity index (χ0v) is 11.0. The fourth-order valence-electron chi connectivity index (χ4n) is 1.64. The number of fused-ring (bicyclic) bond motifs is 1. The van der Waals surface area contributed by atoms with Crippen molar-refractivity contribution in [3.63, 3.8) is 0 Å². The number of hydrogen-bond acceptors (Lipinski definition) is 6. The second-order valence-electron chi connectivity index (χ2n) is 3.81. The number of ether oxygens (including phenoxy) is 3. The lowest BCUT2D eigenvalue weighted by Crippen LogP contribution is -2.06. The molecule has 18 heavy (non-hydrogen) atoms. The zero-order chi connectivity index (χ0) is 13.2. The van der Waals surface area contributed by atoms with Gasteiger partial charge in [-0.25, -0.2) is 0 Å². The highest BCUT2D eigenvalue weighted by atomic mass is 32.2. The molecule has 0 aliphatic carbocycles. The molecule has 0 radical (unpaired) electrons. The summed E-state index contributed by atoms with van der Waals surface area (Å²) in [4.78, 5) is 0. The Bertz CT molecular complexity index is 537. The molecule has 0 atom stereocenters. The van der Waals surface area contributed by atoms with Crippen molar-refractivity contribution in [2.75, 3.05) is 26.8 Å². The summed E-state index contributed by atoms with van der Waals surface area (Å²) in [5.41, 5.74) is 0.861. The third kappa shape index (κ3) is 3.05. The molecule has 1 heterocycles. The number of hydrogen-bond donors (Lipinski definition) is 0. The summed E-state index contributed by atoms with van der Waals surface area (Å²) in [5.74, 6) is 1.74. The van der Waals surface area contributed by atoms with Gasteiger partial charge >= 0.3 is 0 Å². The van der Waals surface area contributed by atoms with Crippen molar-refractivity contribution in [2.45, 2.75) is 6.42 Å². The Kier molecular flexibility index (Phi) is 3.63. The van der Waals surface area contributed by atoms with Crippen LogP contribution in [0, 0.1) is 0 Å². The number of benzene rings is 1. The number of methoxy groups -OCH3 is 1. The maximum absolute atomic E-state index is 10.8. The van der Waals surface area contributed by atoms with Gasteiger partial charge in [-0.3, -0.25) is 4.18 Å². The Morgan fingerprint density at radius 2 is 2.11 bits per heavy atom. The van der Waals surface area contributed by atoms with Gasteiger partial charge in [0.25, 0.3) is 10.1 Å². The van der Waals surface area contributed by atoms with E-state index in [4.69, 9.17) is 14.2 Å². The molecule has 1 aromatic rings. The molecule has 0 spiro atoms. The van der Waals surface area contributed by atoms with Crippen LogP contribution in [0.15, 0.2) is 12.1 Å². The Balaban J connectivity index is 2.10. The Morgan fingerprint density at radius 3 is 2.78 bits per heavy atom. The third-order valence-corrected chi connectivity index (χ3v) is 3.00. The Morgan fingerprint density at radius 1 is 1.33 bits per heavy atom. The molecule has 0 N–H and O–H groups in total. The van der Waals surface area contributed by atoms with Crippen LogP contribution in [0.3, 0.4) is 0 Å². The lowest BCUT2D eigenvalue weighted by atomic mass is 10.1. The van der Waals surface area contributed by atoms with Crippen LogP contribution in [0.1, 0.15) is 5.56 Å². The second kappa shape index (κ2) is 5.03. The van der Waals surface area contributed by atoms with E-state index in [1.165, 1.54) is 7.11 Å². The summed E-state index contributed by atoms with van der Waals surface area (Å²) < 4.78 is 42.1. The summed E-state index contributed by atoms with van der Waals surface area (Å²) in [6.07, 6.45) is 1.47. The van der Waals surface area contributed by atoms with E-state index in [1.54, 1.807) is 12.1 Å². The van der Waals surface area contributed by atoms with Gasteiger partial charge in [0, 0.05) is 0 Å². The molecule has 1 aromatic carbocycles. The summed E-state index contributed by atoms with van der Waals surface area (Å²) in [6, 6.07) is 3.57. The second-order valence-corrected chi connectivity index (χ2v) is 5.45. The molecule has 6 nitrogen and oxygen atoms in total. The summed E-state index contributed by atoms with van der Waals surface area (Å²) in [6.45, 7) is 0.247. The van der Waals surface area contributed by atoms with Gasteiger partial charge in [0.1, 0.15) is 0 Å². The normalized spacial score (nSPS) is 13.7. The van der Waals surface area contributed by atoms with Crippen molar-refractivity contribution in [2.24, 2.45) is 0 Å². The van der Waals surface area contributed by atoms with Crippen LogP contribution in [0.2, 0.25) is 0 Å². The average Bonchev–Trinajstić information content (AvgIpc) is 2.74. The van der Waals surface area contributed by atoms with E-state index in [1.807, 2.05) is 0 Å². The molecule has 1 aliphatic rings. The SMILES string of the molecule is COc1cc(CCOS(C)(=O)=O)cc2c1OCO2. The summed E-state index contributed by atoms with van der Waals surface area (Å²) in [7, 11) is -1.87. The van der Waals surface area contributed by atoms with Gasteiger partial charge in [-0.1, -0.05) is 0 Å². The van der Waals surface area contributed by atoms with Crippen molar-refractivity contribution >= 4 is 10.1 Å². The first kappa shape index (κ1) is 13.0. The molecule has 0 saturated carbocycles. The quantitative estimate of drug-likeness (QED) is 0.744. The van der Waals surface area contributed by atoms with Crippen molar-refractivity contribution in [1.82, 2.24) is 0 Å². The van der Waals surface area contributed by atoms with Crippen molar-refractivity contribution in [3.8, 4) is 17.2 Å². The zero-order valence-electron chi connectivity index (χ0n) is 10.1. The minimum atomic E-state index is -3.41. The van der Waals surface area contributed by atoms with E-state index in [0.717, 1.165) is 11.8 Å². The Labute approximate surface area is 106 Å². The fraction of sp³-hybridized carbons (Fsp3) is 0.455. The topological polar surface area (TPSA) is 71.1 Å². The molecule has 0 fully saturated rings. The standard InChI is InChI=1S/C11H14O6S/c1-14-9-5-8(3-4-17-18(2,12)13)6-10-11(9)16-7-15-10/h5-6H,3-4,7H2,1-2H3. The van der Waals surface area contributed by atoms with E-state index in [2.05, 4.69) is 4.18 Å². The molecule has 0 saturated heterocycles. The predicted molar refractivity (Wildman–Crippen MR) is 63.6 cm³/mol. The lowest BCUT2D eigenvalue weighted by molar-refractivity contribution is 0.171. The monoisotopic (exact) mass is 274 g/mol. The van der Waals surface area contributed by atoms with Gasteiger partial charge < -0.3 is 14.2 Å². The van der Waals surface area contributed by atoms with Crippen molar-refractivity contribution < 1.29 is 26.8 Å². The van der Waals surface area contributed by atoms with Gasteiger partial charge in [-0.2, -0.15) is 8.42 Å². The smallest absolute Gasteiger partial charge is 0.264 e. The van der Waals surface area contributed by atoms with E-state index in [0.29, 0.717) is 23.7 Å². The van der Waals surface area contributed by atoms with Crippen LogP contribution in [0.5, 0.6) is 17.2 Å². The molecular formula is C11H14O6S. The first-order chi connectivity index (χ1) is 8.49. The highest BCUT2D eigenvalue weighted by Gasteiger charge is 2.20. The van der Waals surface area contributed by atoms with E-state index < -0.39 is 10.1 Å². The van der Waals surface area contributed by atoms with Crippen LogP contribution in [-0.2, 0) is 20.7 Å². The molecule has 1 aliphatic heterocycles. The summed E-state index contributed by atoms with van der Waals surface area (Å²) in [5, 5.41) is 0. The highest BCUT2D eigenvalue weighted by molar-refractivity contribution is 7.85. The minimum Gasteiger partial charge on any atom is -0.493 e. The molecule has 0 unspecified atom stereocenters. The number of rotatable bonds is 5. The maximum Gasteiger partial charge on any atom is 0.264 e. The van der Waals surface area contributed by atoms with Crippen LogP contribution in [0.25, 0.3) is 0 Å². The van der Waals surface area contributed by atoms with Crippen LogP contribution >= 0.6 is 0 Å². The Hall–Kier alpha value is -1.47. The van der Waals surface area contributed by atoms with Gasteiger partial charge in [0.2, 0.25) is 12.5 Å². The minimum absolute atomic E-state index is 0.0850. The van der Waals surface area contributed by atoms with Crippen LogP contribution < -0.4 is 14.2 Å².